The standard InChI is InChI=1S/C42H30B3NO3/c1-19-7-10-31-25(13-19)43-28-16-22(4)41-35-37(28)46-38-29(17-23(5)40(47-31)34(38)43)44-26-14-20(2)8-11-32(26)49-42-24(6)18-30(39(46)36(42)44)45(35)27-15-21(3)9-12-33(27)48-41/h7-18H,1-6H3. The van der Waals surface area contributed by atoms with Crippen LogP contribution in [0, 0.1) is 41.5 Å². The zero-order valence-electron chi connectivity index (χ0n) is 28.3. The molecule has 6 aliphatic rings. The van der Waals surface area contributed by atoms with E-state index in [1.165, 1.54) is 99.6 Å². The van der Waals surface area contributed by atoms with E-state index in [9.17, 15) is 0 Å². The Morgan fingerprint density at radius 3 is 1.00 bits per heavy atom. The largest absolute Gasteiger partial charge is 0.458 e. The normalized spacial score (nSPS) is 15.1. The van der Waals surface area contributed by atoms with Crippen molar-refractivity contribution in [2.24, 2.45) is 0 Å². The number of hydrogen-bond acceptors (Lipinski definition) is 4. The second-order valence-corrected chi connectivity index (χ2v) is 15.2. The van der Waals surface area contributed by atoms with Crippen LogP contribution in [0.15, 0.2) is 72.8 Å². The molecule has 0 spiro atoms. The molecule has 0 aromatic heterocycles. The molecule has 0 fully saturated rings. The van der Waals surface area contributed by atoms with Crippen LogP contribution >= 0.6 is 0 Å². The first-order valence-electron chi connectivity index (χ1n) is 17.4. The lowest BCUT2D eigenvalue weighted by Crippen LogP contribution is -2.73. The van der Waals surface area contributed by atoms with Crippen molar-refractivity contribution in [3.05, 3.63) is 106 Å². The summed E-state index contributed by atoms with van der Waals surface area (Å²) < 4.78 is 20.8. The molecule has 6 aromatic carbocycles. The minimum Gasteiger partial charge on any atom is -0.458 e. The highest BCUT2D eigenvalue weighted by molar-refractivity contribution is 7.07. The highest BCUT2D eigenvalue weighted by Crippen LogP contribution is 2.48. The number of benzene rings is 6. The van der Waals surface area contributed by atoms with Crippen LogP contribution in [0.5, 0.6) is 34.5 Å². The lowest BCUT2D eigenvalue weighted by atomic mass is 9.25. The SMILES string of the molecule is Cc1ccc2c(c1)B1c3cc(C)c4c5c3N3c6c(cc(C)c(c61)O2)B1c2cc(C)ccc2Oc2c(C)cc(c3c21)B5c1cc(C)ccc1O4. The number of hydrogen-bond donors (Lipinski definition) is 0. The Morgan fingerprint density at radius 2 is 0.694 bits per heavy atom. The molecule has 7 heteroatoms. The third-order valence-corrected chi connectivity index (χ3v) is 12.0. The van der Waals surface area contributed by atoms with Gasteiger partial charge >= 0.3 is 0 Å². The smallest absolute Gasteiger partial charge is 0.256 e. The van der Waals surface area contributed by atoms with Gasteiger partial charge in [0.25, 0.3) is 20.1 Å². The van der Waals surface area contributed by atoms with Gasteiger partial charge in [0.1, 0.15) is 34.5 Å². The zero-order valence-corrected chi connectivity index (χ0v) is 28.3. The van der Waals surface area contributed by atoms with E-state index in [4.69, 9.17) is 14.2 Å². The lowest BCUT2D eigenvalue weighted by molar-refractivity contribution is 0.482. The Balaban J connectivity index is 1.31. The van der Waals surface area contributed by atoms with E-state index < -0.39 is 0 Å². The monoisotopic (exact) mass is 629 g/mol. The molecule has 0 radical (unpaired) electrons. The second kappa shape index (κ2) is 8.46. The maximum Gasteiger partial charge on any atom is 0.256 e. The van der Waals surface area contributed by atoms with Gasteiger partial charge in [0.15, 0.2) is 0 Å². The van der Waals surface area contributed by atoms with Crippen molar-refractivity contribution in [3.8, 4) is 34.5 Å². The van der Waals surface area contributed by atoms with E-state index in [0.29, 0.717) is 0 Å². The predicted molar refractivity (Wildman–Crippen MR) is 203 cm³/mol. The van der Waals surface area contributed by atoms with Gasteiger partial charge in [0, 0.05) is 17.1 Å². The summed E-state index contributed by atoms with van der Waals surface area (Å²) in [6.45, 7) is 13.4. The average Bonchev–Trinajstić information content (AvgIpc) is 3.08. The Bertz CT molecular complexity index is 2360. The highest BCUT2D eigenvalue weighted by atomic mass is 16.5. The summed E-state index contributed by atoms with van der Waals surface area (Å²) in [5.41, 5.74) is 22.6. The quantitative estimate of drug-likeness (QED) is 0.239. The van der Waals surface area contributed by atoms with Crippen LogP contribution in [0.2, 0.25) is 0 Å². The first-order chi connectivity index (χ1) is 23.8. The summed E-state index contributed by atoms with van der Waals surface area (Å²) in [7, 11) is 0. The van der Waals surface area contributed by atoms with Gasteiger partial charge < -0.3 is 19.1 Å². The summed E-state index contributed by atoms with van der Waals surface area (Å²) in [6, 6.07) is 27.3. The van der Waals surface area contributed by atoms with Crippen LogP contribution in [-0.4, -0.2) is 20.1 Å². The predicted octanol–water partition coefficient (Wildman–Crippen LogP) is 3.81. The van der Waals surface area contributed by atoms with E-state index in [1.807, 2.05) is 0 Å². The molecule has 230 valence electrons. The molecule has 6 aromatic rings. The second-order valence-electron chi connectivity index (χ2n) is 15.2. The van der Waals surface area contributed by atoms with Gasteiger partial charge in [-0.1, -0.05) is 71.3 Å². The van der Waals surface area contributed by atoms with Crippen LogP contribution in [0.3, 0.4) is 0 Å². The number of rotatable bonds is 0. The summed E-state index contributed by atoms with van der Waals surface area (Å²) >= 11 is 0. The Kier molecular flexibility index (Phi) is 4.60. The van der Waals surface area contributed by atoms with Crippen molar-refractivity contribution in [1.29, 1.82) is 0 Å². The summed E-state index contributed by atoms with van der Waals surface area (Å²) in [6.07, 6.45) is 0. The molecule has 12 rings (SSSR count). The van der Waals surface area contributed by atoms with Crippen molar-refractivity contribution >= 4 is 86.4 Å². The third-order valence-electron chi connectivity index (χ3n) is 12.0. The molecule has 49 heavy (non-hydrogen) atoms. The fraction of sp³-hybridized carbons (Fsp3) is 0.143. The lowest BCUT2D eigenvalue weighted by Gasteiger charge is -2.52. The molecule has 0 unspecified atom stereocenters. The van der Waals surface area contributed by atoms with Gasteiger partial charge in [-0.15, -0.1) is 0 Å². The van der Waals surface area contributed by atoms with E-state index in [0.717, 1.165) is 34.5 Å². The van der Waals surface area contributed by atoms with Crippen molar-refractivity contribution in [3.63, 3.8) is 0 Å². The van der Waals surface area contributed by atoms with Gasteiger partial charge in [-0.3, -0.25) is 0 Å². The summed E-state index contributed by atoms with van der Waals surface area (Å²) in [4.78, 5) is 2.61. The molecule has 0 N–H and O–H groups in total. The van der Waals surface area contributed by atoms with E-state index in [-0.39, 0.29) is 20.1 Å². The van der Waals surface area contributed by atoms with E-state index in [2.05, 4.69) is 119 Å². The van der Waals surface area contributed by atoms with Crippen LogP contribution < -0.4 is 68.3 Å². The van der Waals surface area contributed by atoms with Crippen LogP contribution in [0.4, 0.5) is 17.1 Å². The number of anilines is 3. The molecule has 4 nitrogen and oxygen atoms in total. The number of fused-ring (bicyclic) bond motifs is 9. The molecule has 0 atom stereocenters. The van der Waals surface area contributed by atoms with E-state index in [1.54, 1.807) is 0 Å². The van der Waals surface area contributed by atoms with E-state index >= 15 is 0 Å². The minimum atomic E-state index is 0.0342. The van der Waals surface area contributed by atoms with Crippen molar-refractivity contribution < 1.29 is 14.2 Å². The number of ether oxygens (including phenoxy) is 3. The topological polar surface area (TPSA) is 30.9 Å². The number of aryl methyl sites for hydroxylation is 6. The molecule has 0 saturated carbocycles. The summed E-state index contributed by atoms with van der Waals surface area (Å²) in [5.74, 6) is 5.84. The third kappa shape index (κ3) is 3.00. The molecular weight excluding hydrogens is 599 g/mol. The fourth-order valence-corrected chi connectivity index (χ4v) is 10.2. The van der Waals surface area contributed by atoms with Crippen molar-refractivity contribution in [1.82, 2.24) is 0 Å². The van der Waals surface area contributed by atoms with Crippen LogP contribution in [-0.2, 0) is 0 Å². The molecule has 0 aliphatic carbocycles. The fourth-order valence-electron chi connectivity index (χ4n) is 10.2. The Hall–Kier alpha value is -5.29. The average molecular weight is 629 g/mol. The first kappa shape index (κ1) is 26.6. The molecule has 0 amide bonds. The molecule has 6 aliphatic heterocycles. The summed E-state index contributed by atoms with van der Waals surface area (Å²) in [5, 5.41) is 0. The van der Waals surface area contributed by atoms with Gasteiger partial charge in [-0.05, 0) is 126 Å². The van der Waals surface area contributed by atoms with Crippen molar-refractivity contribution in [2.45, 2.75) is 41.5 Å². The van der Waals surface area contributed by atoms with Crippen LogP contribution in [0.1, 0.15) is 33.4 Å². The number of nitrogens with zero attached hydrogens (tertiary/aromatic N) is 1. The minimum absolute atomic E-state index is 0.0342. The molecule has 0 bridgehead atoms. The Labute approximate surface area is 286 Å². The highest BCUT2D eigenvalue weighted by Gasteiger charge is 2.56. The molecular formula is C42H30B3NO3. The van der Waals surface area contributed by atoms with Gasteiger partial charge in [0.2, 0.25) is 0 Å². The van der Waals surface area contributed by atoms with Gasteiger partial charge in [0.05, 0.1) is 0 Å². The zero-order chi connectivity index (χ0) is 32.8. The van der Waals surface area contributed by atoms with Crippen molar-refractivity contribution in [2.75, 3.05) is 4.90 Å². The van der Waals surface area contributed by atoms with Gasteiger partial charge in [-0.25, -0.2) is 0 Å². The van der Waals surface area contributed by atoms with Gasteiger partial charge in [-0.2, -0.15) is 0 Å². The molecule has 0 saturated heterocycles. The maximum atomic E-state index is 6.94. The maximum absolute atomic E-state index is 6.94. The van der Waals surface area contributed by atoms with Crippen LogP contribution in [0.25, 0.3) is 0 Å². The molecule has 6 heterocycles. The first-order valence-corrected chi connectivity index (χ1v) is 17.4. The Morgan fingerprint density at radius 1 is 0.388 bits per heavy atom.